The van der Waals surface area contributed by atoms with E-state index in [1.807, 2.05) is 6.07 Å². The molecule has 2 amide bonds. The van der Waals surface area contributed by atoms with Gasteiger partial charge in [0.1, 0.15) is 24.5 Å². The standard InChI is InChI=1S/C20H19FN6O2S/c21-15-4-2-1-3-14(15)7-17-20(29)26-16(10-30-17)19(28)24-9-13-5-6-18(23-8-13)27-12-22-11-25-27/h1-6,8,11-12,16-17H,7,9-10H2,(H,24,28)(H,26,29). The van der Waals surface area contributed by atoms with Gasteiger partial charge >= 0.3 is 0 Å². The summed E-state index contributed by atoms with van der Waals surface area (Å²) in [6.07, 6.45) is 4.91. The monoisotopic (exact) mass is 426 g/mol. The van der Waals surface area contributed by atoms with Crippen LogP contribution in [0.5, 0.6) is 0 Å². The van der Waals surface area contributed by atoms with Gasteiger partial charge in [0, 0.05) is 18.5 Å². The molecule has 1 fully saturated rings. The molecule has 4 rings (SSSR count). The van der Waals surface area contributed by atoms with Crippen molar-refractivity contribution in [1.82, 2.24) is 30.4 Å². The van der Waals surface area contributed by atoms with Gasteiger partial charge in [-0.3, -0.25) is 9.59 Å². The first-order chi connectivity index (χ1) is 14.6. The van der Waals surface area contributed by atoms with E-state index < -0.39 is 11.3 Å². The second kappa shape index (κ2) is 9.04. The molecule has 1 aliphatic heterocycles. The second-order valence-corrected chi connectivity index (χ2v) is 8.00. The SMILES string of the molecule is O=C(NCc1ccc(-n2cncn2)nc1)C1CSC(Cc2ccccc2F)C(=O)N1. The molecule has 2 aromatic heterocycles. The molecule has 3 aromatic rings. The zero-order chi connectivity index (χ0) is 20.9. The fourth-order valence-corrected chi connectivity index (χ4v) is 4.22. The Balaban J connectivity index is 1.28. The van der Waals surface area contributed by atoms with Crippen molar-refractivity contribution in [2.24, 2.45) is 0 Å². The van der Waals surface area contributed by atoms with Crippen LogP contribution in [0, 0.1) is 5.82 Å². The molecule has 2 unspecified atom stereocenters. The van der Waals surface area contributed by atoms with E-state index in [1.165, 1.54) is 28.8 Å². The lowest BCUT2D eigenvalue weighted by Gasteiger charge is -2.28. The van der Waals surface area contributed by atoms with E-state index in [0.29, 0.717) is 30.1 Å². The molecule has 0 saturated carbocycles. The fraction of sp³-hybridized carbons (Fsp3) is 0.250. The zero-order valence-corrected chi connectivity index (χ0v) is 16.7. The zero-order valence-electron chi connectivity index (χ0n) is 15.9. The summed E-state index contributed by atoms with van der Waals surface area (Å²) in [5.74, 6) is 0.211. The van der Waals surface area contributed by atoms with Gasteiger partial charge in [-0.25, -0.2) is 19.0 Å². The third-order valence-corrected chi connectivity index (χ3v) is 5.99. The van der Waals surface area contributed by atoms with Crippen molar-refractivity contribution in [3.63, 3.8) is 0 Å². The number of amides is 2. The number of nitrogens with zero attached hydrogens (tertiary/aromatic N) is 4. The summed E-state index contributed by atoms with van der Waals surface area (Å²) in [6.45, 7) is 0.291. The summed E-state index contributed by atoms with van der Waals surface area (Å²) in [7, 11) is 0. The molecule has 0 bridgehead atoms. The number of rotatable bonds is 6. The third-order valence-electron chi connectivity index (χ3n) is 4.68. The highest BCUT2D eigenvalue weighted by atomic mass is 32.2. The minimum atomic E-state index is -0.623. The van der Waals surface area contributed by atoms with Gasteiger partial charge in [-0.15, -0.1) is 11.8 Å². The van der Waals surface area contributed by atoms with E-state index in [2.05, 4.69) is 25.7 Å². The minimum absolute atomic E-state index is 0.256. The highest BCUT2D eigenvalue weighted by Crippen LogP contribution is 2.23. The van der Waals surface area contributed by atoms with Gasteiger partial charge in [0.05, 0.1) is 5.25 Å². The summed E-state index contributed by atoms with van der Waals surface area (Å²) in [5.41, 5.74) is 1.31. The Labute approximate surface area is 176 Å². The number of pyridine rings is 1. The minimum Gasteiger partial charge on any atom is -0.350 e. The van der Waals surface area contributed by atoms with E-state index in [1.54, 1.807) is 36.8 Å². The molecule has 154 valence electrons. The topological polar surface area (TPSA) is 102 Å². The van der Waals surface area contributed by atoms with Crippen molar-refractivity contribution in [1.29, 1.82) is 0 Å². The first-order valence-corrected chi connectivity index (χ1v) is 10.4. The number of aromatic nitrogens is 4. The Bertz CT molecular complexity index is 1030. The van der Waals surface area contributed by atoms with Gasteiger partial charge in [-0.05, 0) is 29.7 Å². The van der Waals surface area contributed by atoms with Crippen molar-refractivity contribution in [2.75, 3.05) is 5.75 Å². The van der Waals surface area contributed by atoms with Crippen LogP contribution in [0.25, 0.3) is 5.82 Å². The summed E-state index contributed by atoms with van der Waals surface area (Å²) in [5, 5.41) is 9.15. The lowest BCUT2D eigenvalue weighted by atomic mass is 10.1. The largest absolute Gasteiger partial charge is 0.350 e. The number of benzene rings is 1. The van der Waals surface area contributed by atoms with Crippen LogP contribution < -0.4 is 10.6 Å². The van der Waals surface area contributed by atoms with Crippen LogP contribution in [0.3, 0.4) is 0 Å². The maximum atomic E-state index is 13.8. The van der Waals surface area contributed by atoms with Crippen LogP contribution >= 0.6 is 11.8 Å². The summed E-state index contributed by atoms with van der Waals surface area (Å²) in [4.78, 5) is 33.0. The number of halogens is 1. The van der Waals surface area contributed by atoms with Crippen LogP contribution in [0.1, 0.15) is 11.1 Å². The number of nitrogens with one attached hydrogen (secondary N) is 2. The Morgan fingerprint density at radius 2 is 2.17 bits per heavy atom. The maximum Gasteiger partial charge on any atom is 0.243 e. The lowest BCUT2D eigenvalue weighted by Crippen LogP contribution is -2.54. The Kier molecular flexibility index (Phi) is 6.03. The number of hydrogen-bond donors (Lipinski definition) is 2. The molecule has 10 heteroatoms. The average molecular weight is 426 g/mol. The van der Waals surface area contributed by atoms with Crippen LogP contribution in [0.4, 0.5) is 4.39 Å². The van der Waals surface area contributed by atoms with E-state index in [0.717, 1.165) is 5.56 Å². The second-order valence-electron chi connectivity index (χ2n) is 6.76. The Morgan fingerprint density at radius 3 is 2.87 bits per heavy atom. The van der Waals surface area contributed by atoms with E-state index in [-0.39, 0.29) is 17.6 Å². The molecular weight excluding hydrogens is 407 g/mol. The summed E-state index contributed by atoms with van der Waals surface area (Å²) in [6, 6.07) is 9.40. The number of carbonyl (C=O) groups excluding carboxylic acids is 2. The number of carbonyl (C=O) groups is 2. The molecule has 0 spiro atoms. The normalized spacial score (nSPS) is 18.6. The molecular formula is C20H19FN6O2S. The predicted octanol–water partition coefficient (Wildman–Crippen LogP) is 1.26. The smallest absolute Gasteiger partial charge is 0.243 e. The van der Waals surface area contributed by atoms with Crippen molar-refractivity contribution in [3.8, 4) is 5.82 Å². The molecule has 8 nitrogen and oxygen atoms in total. The van der Waals surface area contributed by atoms with Crippen LogP contribution in [-0.4, -0.2) is 48.6 Å². The third kappa shape index (κ3) is 4.65. The Hall–Kier alpha value is -3.27. The number of hydrogen-bond acceptors (Lipinski definition) is 6. The van der Waals surface area contributed by atoms with Gasteiger partial charge < -0.3 is 10.6 Å². The van der Waals surface area contributed by atoms with Crippen LogP contribution in [-0.2, 0) is 22.6 Å². The molecule has 0 radical (unpaired) electrons. The molecule has 1 aromatic carbocycles. The van der Waals surface area contributed by atoms with E-state index in [4.69, 9.17) is 0 Å². The first kappa shape index (κ1) is 20.0. The van der Waals surface area contributed by atoms with Crippen molar-refractivity contribution < 1.29 is 14.0 Å². The highest BCUT2D eigenvalue weighted by molar-refractivity contribution is 8.00. The fourth-order valence-electron chi connectivity index (χ4n) is 3.05. The predicted molar refractivity (Wildman–Crippen MR) is 109 cm³/mol. The molecule has 3 heterocycles. The van der Waals surface area contributed by atoms with Crippen molar-refractivity contribution in [2.45, 2.75) is 24.3 Å². The molecule has 0 aliphatic carbocycles. The molecule has 1 saturated heterocycles. The summed E-state index contributed by atoms with van der Waals surface area (Å²) >= 11 is 1.37. The average Bonchev–Trinajstić information content (AvgIpc) is 3.30. The molecule has 30 heavy (non-hydrogen) atoms. The first-order valence-electron chi connectivity index (χ1n) is 9.33. The van der Waals surface area contributed by atoms with Crippen molar-refractivity contribution >= 4 is 23.6 Å². The van der Waals surface area contributed by atoms with E-state index >= 15 is 0 Å². The van der Waals surface area contributed by atoms with Crippen LogP contribution in [0.2, 0.25) is 0 Å². The van der Waals surface area contributed by atoms with Gasteiger partial charge in [-0.1, -0.05) is 24.3 Å². The van der Waals surface area contributed by atoms with Crippen LogP contribution in [0.15, 0.2) is 55.2 Å². The van der Waals surface area contributed by atoms with Gasteiger partial charge in [-0.2, -0.15) is 5.10 Å². The van der Waals surface area contributed by atoms with E-state index in [9.17, 15) is 14.0 Å². The van der Waals surface area contributed by atoms with Gasteiger partial charge in [0.25, 0.3) is 0 Å². The quantitative estimate of drug-likeness (QED) is 0.615. The molecule has 2 atom stereocenters. The molecule has 2 N–H and O–H groups in total. The van der Waals surface area contributed by atoms with Gasteiger partial charge in [0.15, 0.2) is 5.82 Å². The maximum absolute atomic E-state index is 13.8. The Morgan fingerprint density at radius 1 is 1.30 bits per heavy atom. The highest BCUT2D eigenvalue weighted by Gasteiger charge is 2.32. The lowest BCUT2D eigenvalue weighted by molar-refractivity contribution is -0.128. The van der Waals surface area contributed by atoms with Crippen molar-refractivity contribution in [3.05, 3.63) is 72.2 Å². The summed E-state index contributed by atoms with van der Waals surface area (Å²) < 4.78 is 15.4. The molecule has 1 aliphatic rings. The van der Waals surface area contributed by atoms with Gasteiger partial charge in [0.2, 0.25) is 11.8 Å². The number of thioether (sulfide) groups is 1.